The second kappa shape index (κ2) is 4.35. The predicted molar refractivity (Wildman–Crippen MR) is 61.7 cm³/mol. The summed E-state index contributed by atoms with van der Waals surface area (Å²) in [6, 6.07) is 6.18. The molecule has 0 heterocycles. The van der Waals surface area contributed by atoms with Crippen LogP contribution in [0.4, 0.5) is 0 Å². The molecule has 2 heteroatoms. The normalized spacial score (nSPS) is 16.4. The summed E-state index contributed by atoms with van der Waals surface area (Å²) in [6.45, 7) is 2.97. The molecular weight excluding hydrogens is 240 g/mol. The van der Waals surface area contributed by atoms with Crippen LogP contribution in [0.1, 0.15) is 24.8 Å². The SMILES string of the molecule is Cc1ccc(Br)cc1OCC1CCC1. The minimum Gasteiger partial charge on any atom is -0.493 e. The Kier molecular flexibility index (Phi) is 3.12. The standard InChI is InChI=1S/C12H15BrO/c1-9-5-6-11(13)7-12(9)14-8-10-3-2-4-10/h5-7,10H,2-4,8H2,1H3. The highest BCUT2D eigenvalue weighted by molar-refractivity contribution is 9.10. The molecule has 1 aromatic carbocycles. The van der Waals surface area contributed by atoms with Crippen LogP contribution in [-0.2, 0) is 0 Å². The molecule has 0 amide bonds. The Balaban J connectivity index is 1.96. The lowest BCUT2D eigenvalue weighted by atomic mass is 9.86. The van der Waals surface area contributed by atoms with Crippen molar-refractivity contribution in [3.05, 3.63) is 28.2 Å². The molecule has 1 aromatic rings. The van der Waals surface area contributed by atoms with Gasteiger partial charge >= 0.3 is 0 Å². The average Bonchev–Trinajstić information content (AvgIpc) is 2.08. The molecule has 0 aliphatic heterocycles. The Morgan fingerprint density at radius 1 is 1.43 bits per heavy atom. The van der Waals surface area contributed by atoms with Crippen molar-refractivity contribution in [2.45, 2.75) is 26.2 Å². The van der Waals surface area contributed by atoms with Crippen LogP contribution in [0.5, 0.6) is 5.75 Å². The molecule has 1 nitrogen and oxygen atoms in total. The molecule has 0 atom stereocenters. The molecule has 76 valence electrons. The van der Waals surface area contributed by atoms with E-state index in [9.17, 15) is 0 Å². The van der Waals surface area contributed by atoms with Gasteiger partial charge in [0, 0.05) is 4.47 Å². The summed E-state index contributed by atoms with van der Waals surface area (Å²) in [5.41, 5.74) is 1.22. The maximum Gasteiger partial charge on any atom is 0.123 e. The molecule has 1 aliphatic rings. The number of ether oxygens (including phenoxy) is 1. The molecule has 1 saturated carbocycles. The van der Waals surface area contributed by atoms with Crippen molar-refractivity contribution < 1.29 is 4.74 Å². The van der Waals surface area contributed by atoms with Gasteiger partial charge < -0.3 is 4.74 Å². The molecule has 0 radical (unpaired) electrons. The maximum atomic E-state index is 5.79. The molecule has 1 fully saturated rings. The topological polar surface area (TPSA) is 9.23 Å². The van der Waals surface area contributed by atoms with Crippen molar-refractivity contribution in [3.63, 3.8) is 0 Å². The molecule has 2 rings (SSSR count). The summed E-state index contributed by atoms with van der Waals surface area (Å²) in [5.74, 6) is 1.82. The summed E-state index contributed by atoms with van der Waals surface area (Å²) in [5, 5.41) is 0. The summed E-state index contributed by atoms with van der Waals surface area (Å²) in [7, 11) is 0. The monoisotopic (exact) mass is 254 g/mol. The largest absolute Gasteiger partial charge is 0.493 e. The lowest BCUT2D eigenvalue weighted by Crippen LogP contribution is -2.19. The van der Waals surface area contributed by atoms with Crippen LogP contribution < -0.4 is 4.74 Å². The number of hydrogen-bond donors (Lipinski definition) is 0. The highest BCUT2D eigenvalue weighted by atomic mass is 79.9. The predicted octanol–water partition coefficient (Wildman–Crippen LogP) is 3.94. The van der Waals surface area contributed by atoms with Gasteiger partial charge in [0.25, 0.3) is 0 Å². The van der Waals surface area contributed by atoms with E-state index in [-0.39, 0.29) is 0 Å². The van der Waals surface area contributed by atoms with Gasteiger partial charge in [-0.2, -0.15) is 0 Å². The lowest BCUT2D eigenvalue weighted by molar-refractivity contribution is 0.180. The van der Waals surface area contributed by atoms with Crippen LogP contribution in [0.2, 0.25) is 0 Å². The van der Waals surface area contributed by atoms with Gasteiger partial charge in [0.05, 0.1) is 6.61 Å². The Morgan fingerprint density at radius 3 is 2.86 bits per heavy atom. The number of hydrogen-bond acceptors (Lipinski definition) is 1. The van der Waals surface area contributed by atoms with Crippen molar-refractivity contribution in [2.24, 2.45) is 5.92 Å². The van der Waals surface area contributed by atoms with Gasteiger partial charge in [0.1, 0.15) is 5.75 Å². The van der Waals surface area contributed by atoms with E-state index < -0.39 is 0 Å². The Hall–Kier alpha value is -0.500. The quantitative estimate of drug-likeness (QED) is 0.794. The number of rotatable bonds is 3. The summed E-state index contributed by atoms with van der Waals surface area (Å²) < 4.78 is 6.88. The highest BCUT2D eigenvalue weighted by Crippen LogP contribution is 2.29. The number of halogens is 1. The fourth-order valence-corrected chi connectivity index (χ4v) is 1.94. The fraction of sp³-hybridized carbons (Fsp3) is 0.500. The third kappa shape index (κ3) is 2.30. The van der Waals surface area contributed by atoms with Crippen LogP contribution >= 0.6 is 15.9 Å². The minimum absolute atomic E-state index is 0.799. The lowest BCUT2D eigenvalue weighted by Gasteiger charge is -2.25. The van der Waals surface area contributed by atoms with E-state index in [0.29, 0.717) is 0 Å². The minimum atomic E-state index is 0.799. The first kappa shape index (κ1) is 10.0. The van der Waals surface area contributed by atoms with E-state index in [1.807, 2.05) is 12.1 Å². The Labute approximate surface area is 93.6 Å². The molecule has 0 spiro atoms. The maximum absolute atomic E-state index is 5.79. The van der Waals surface area contributed by atoms with E-state index in [0.717, 1.165) is 22.7 Å². The molecule has 0 N–H and O–H groups in total. The van der Waals surface area contributed by atoms with E-state index >= 15 is 0 Å². The van der Waals surface area contributed by atoms with Crippen molar-refractivity contribution in [1.82, 2.24) is 0 Å². The first-order valence-electron chi connectivity index (χ1n) is 5.14. The average molecular weight is 255 g/mol. The third-order valence-corrected chi connectivity index (χ3v) is 3.34. The molecular formula is C12H15BrO. The van der Waals surface area contributed by atoms with Gasteiger partial charge in [-0.15, -0.1) is 0 Å². The van der Waals surface area contributed by atoms with Crippen LogP contribution in [0.25, 0.3) is 0 Å². The third-order valence-electron chi connectivity index (χ3n) is 2.85. The molecule has 0 saturated heterocycles. The summed E-state index contributed by atoms with van der Waals surface area (Å²) >= 11 is 3.45. The Morgan fingerprint density at radius 2 is 2.21 bits per heavy atom. The molecule has 1 aliphatic carbocycles. The van der Waals surface area contributed by atoms with E-state index in [2.05, 4.69) is 28.9 Å². The van der Waals surface area contributed by atoms with Crippen LogP contribution in [0.3, 0.4) is 0 Å². The first-order chi connectivity index (χ1) is 6.75. The smallest absolute Gasteiger partial charge is 0.123 e. The van der Waals surface area contributed by atoms with Crippen LogP contribution in [-0.4, -0.2) is 6.61 Å². The van der Waals surface area contributed by atoms with Gasteiger partial charge in [-0.3, -0.25) is 0 Å². The molecule has 0 aromatic heterocycles. The van der Waals surface area contributed by atoms with E-state index in [4.69, 9.17) is 4.74 Å². The van der Waals surface area contributed by atoms with Gasteiger partial charge in [-0.05, 0) is 43.4 Å². The zero-order valence-electron chi connectivity index (χ0n) is 8.42. The van der Waals surface area contributed by atoms with Crippen molar-refractivity contribution in [1.29, 1.82) is 0 Å². The highest BCUT2D eigenvalue weighted by Gasteiger charge is 2.18. The van der Waals surface area contributed by atoms with E-state index in [1.54, 1.807) is 0 Å². The number of aryl methyl sites for hydroxylation is 1. The van der Waals surface area contributed by atoms with Gasteiger partial charge in [0.2, 0.25) is 0 Å². The fourth-order valence-electron chi connectivity index (χ4n) is 1.60. The molecule has 0 unspecified atom stereocenters. The van der Waals surface area contributed by atoms with Crippen molar-refractivity contribution >= 4 is 15.9 Å². The van der Waals surface area contributed by atoms with Gasteiger partial charge in [-0.1, -0.05) is 28.4 Å². The Bertz CT molecular complexity index is 318. The first-order valence-corrected chi connectivity index (χ1v) is 5.94. The van der Waals surface area contributed by atoms with Gasteiger partial charge in [-0.25, -0.2) is 0 Å². The van der Waals surface area contributed by atoms with Crippen LogP contribution in [0.15, 0.2) is 22.7 Å². The second-order valence-electron chi connectivity index (χ2n) is 4.02. The summed E-state index contributed by atoms with van der Waals surface area (Å²) in [4.78, 5) is 0. The van der Waals surface area contributed by atoms with Crippen molar-refractivity contribution in [3.8, 4) is 5.75 Å². The van der Waals surface area contributed by atoms with Gasteiger partial charge in [0.15, 0.2) is 0 Å². The zero-order chi connectivity index (χ0) is 9.97. The van der Waals surface area contributed by atoms with Crippen molar-refractivity contribution in [2.75, 3.05) is 6.61 Å². The molecule has 14 heavy (non-hydrogen) atoms. The zero-order valence-corrected chi connectivity index (χ0v) is 10.0. The second-order valence-corrected chi connectivity index (χ2v) is 4.93. The molecule has 0 bridgehead atoms. The summed E-state index contributed by atoms with van der Waals surface area (Å²) in [6.07, 6.45) is 4.06. The number of benzene rings is 1. The van der Waals surface area contributed by atoms with E-state index in [1.165, 1.54) is 24.8 Å². The van der Waals surface area contributed by atoms with Crippen LogP contribution in [0, 0.1) is 12.8 Å².